The predicted octanol–water partition coefficient (Wildman–Crippen LogP) is -0.264. The number of carbonyl (C=O) groups excluding carboxylic acids is 2. The number of Topliss-reactive ketones (excluding diaryl/α,β-unsaturated/α-hetero) is 1. The van der Waals surface area contributed by atoms with Gasteiger partial charge in [0.15, 0.2) is 5.78 Å². The second kappa shape index (κ2) is 6.86. The lowest BCUT2D eigenvalue weighted by Gasteiger charge is -2.19. The number of aliphatic hydroxyl groups is 2. The first kappa shape index (κ1) is 15.1. The van der Waals surface area contributed by atoms with E-state index in [-0.39, 0.29) is 0 Å². The highest BCUT2D eigenvalue weighted by Crippen LogP contribution is 2.11. The minimum absolute atomic E-state index is 0.331. The molecule has 0 unspecified atom stereocenters. The van der Waals surface area contributed by atoms with Crippen LogP contribution in [0, 0.1) is 0 Å². The maximum atomic E-state index is 11.9. The van der Waals surface area contributed by atoms with Crippen LogP contribution in [0.3, 0.4) is 0 Å². The molecule has 1 rings (SSSR count). The Morgan fingerprint density at radius 2 is 1.89 bits per heavy atom. The lowest BCUT2D eigenvalue weighted by molar-refractivity contribution is -0.125. The summed E-state index contributed by atoms with van der Waals surface area (Å²) in [6, 6.07) is 5.17. The molecule has 0 heterocycles. The third-order valence-electron chi connectivity index (χ3n) is 2.62. The van der Waals surface area contributed by atoms with E-state index in [9.17, 15) is 14.7 Å². The zero-order valence-electron chi connectivity index (χ0n) is 10.8. The minimum Gasteiger partial charge on any atom is -0.497 e. The molecule has 0 saturated carbocycles. The van der Waals surface area contributed by atoms with E-state index in [1.54, 1.807) is 12.1 Å². The van der Waals surface area contributed by atoms with Crippen LogP contribution in [-0.4, -0.2) is 47.8 Å². The average Bonchev–Trinajstić information content (AvgIpc) is 2.43. The fourth-order valence-electron chi connectivity index (χ4n) is 1.54. The van der Waals surface area contributed by atoms with E-state index < -0.39 is 30.4 Å². The first-order valence-electron chi connectivity index (χ1n) is 5.76. The summed E-state index contributed by atoms with van der Waals surface area (Å²) in [6.07, 6.45) is -1.08. The van der Waals surface area contributed by atoms with Crippen molar-refractivity contribution in [3.8, 4) is 5.75 Å². The largest absolute Gasteiger partial charge is 0.497 e. The van der Waals surface area contributed by atoms with Crippen LogP contribution >= 0.6 is 0 Å². The molecule has 0 bridgehead atoms. The van der Waals surface area contributed by atoms with Gasteiger partial charge in [0.25, 0.3) is 5.91 Å². The van der Waals surface area contributed by atoms with Gasteiger partial charge in [-0.2, -0.15) is 0 Å². The third-order valence-corrected chi connectivity index (χ3v) is 2.62. The van der Waals surface area contributed by atoms with Crippen LogP contribution in [0.25, 0.3) is 0 Å². The SMILES string of the molecule is COc1ccc(C(=O)N[C@H](C(=O)CO)[C@H](C)O)cc1. The van der Waals surface area contributed by atoms with Crippen molar-refractivity contribution >= 4 is 11.7 Å². The van der Waals surface area contributed by atoms with Gasteiger partial charge >= 0.3 is 0 Å². The maximum absolute atomic E-state index is 11.9. The van der Waals surface area contributed by atoms with Crippen molar-refractivity contribution in [1.29, 1.82) is 0 Å². The van der Waals surface area contributed by atoms with Gasteiger partial charge in [0.05, 0.1) is 13.2 Å². The molecule has 0 radical (unpaired) electrons. The Morgan fingerprint density at radius 1 is 1.32 bits per heavy atom. The van der Waals surface area contributed by atoms with Crippen molar-refractivity contribution < 1.29 is 24.5 Å². The number of hydrogen-bond acceptors (Lipinski definition) is 5. The number of methoxy groups -OCH3 is 1. The highest BCUT2D eigenvalue weighted by molar-refractivity contribution is 5.98. The molecule has 0 saturated heterocycles. The molecule has 2 atom stereocenters. The maximum Gasteiger partial charge on any atom is 0.251 e. The van der Waals surface area contributed by atoms with Gasteiger partial charge in [-0.05, 0) is 31.2 Å². The molecule has 1 aromatic carbocycles. The van der Waals surface area contributed by atoms with E-state index in [0.717, 1.165) is 0 Å². The summed E-state index contributed by atoms with van der Waals surface area (Å²) in [7, 11) is 1.51. The van der Waals surface area contributed by atoms with Crippen LogP contribution < -0.4 is 10.1 Å². The molecule has 104 valence electrons. The molecular formula is C13H17NO5. The number of aliphatic hydroxyl groups excluding tert-OH is 2. The molecule has 6 heteroatoms. The molecule has 0 fully saturated rings. The number of ether oxygens (including phenoxy) is 1. The Hall–Kier alpha value is -1.92. The van der Waals surface area contributed by atoms with E-state index in [4.69, 9.17) is 9.84 Å². The minimum atomic E-state index is -1.13. The summed E-state index contributed by atoms with van der Waals surface area (Å²) >= 11 is 0. The standard InChI is InChI=1S/C13H17NO5/c1-8(16)12(11(17)7-15)14-13(18)9-3-5-10(19-2)6-4-9/h3-6,8,12,15-16H,7H2,1-2H3,(H,14,18)/t8-,12-/m0/s1. The van der Waals surface area contributed by atoms with Crippen molar-refractivity contribution in [3.05, 3.63) is 29.8 Å². The first-order chi connectivity index (χ1) is 8.99. The summed E-state index contributed by atoms with van der Waals surface area (Å²) in [5.41, 5.74) is 0.331. The van der Waals surface area contributed by atoms with Crippen LogP contribution in [0.1, 0.15) is 17.3 Å². The molecule has 0 spiro atoms. The van der Waals surface area contributed by atoms with E-state index in [1.165, 1.54) is 26.2 Å². The Kier molecular flexibility index (Phi) is 5.47. The monoisotopic (exact) mass is 267 g/mol. The van der Waals surface area contributed by atoms with Gasteiger partial charge < -0.3 is 20.3 Å². The Balaban J connectivity index is 2.78. The van der Waals surface area contributed by atoms with E-state index >= 15 is 0 Å². The van der Waals surface area contributed by atoms with Crippen LogP contribution in [0.2, 0.25) is 0 Å². The van der Waals surface area contributed by atoms with E-state index in [1.807, 2.05) is 0 Å². The molecule has 1 amide bonds. The normalized spacial score (nSPS) is 13.5. The lowest BCUT2D eigenvalue weighted by atomic mass is 10.1. The summed E-state index contributed by atoms with van der Waals surface area (Å²) in [5, 5.41) is 20.6. The number of hydrogen-bond donors (Lipinski definition) is 3. The zero-order valence-corrected chi connectivity index (χ0v) is 10.8. The number of ketones is 1. The number of carbonyl (C=O) groups is 2. The van der Waals surface area contributed by atoms with Crippen LogP contribution in [0.15, 0.2) is 24.3 Å². The molecule has 3 N–H and O–H groups in total. The lowest BCUT2D eigenvalue weighted by Crippen LogP contribution is -2.48. The van der Waals surface area contributed by atoms with Gasteiger partial charge in [0.2, 0.25) is 0 Å². The molecule has 0 aliphatic rings. The molecule has 1 aromatic rings. The van der Waals surface area contributed by atoms with Crippen LogP contribution in [0.5, 0.6) is 5.75 Å². The number of rotatable bonds is 6. The quantitative estimate of drug-likeness (QED) is 0.659. The molecule has 0 aliphatic heterocycles. The Labute approximate surface area is 111 Å². The van der Waals surface area contributed by atoms with E-state index in [0.29, 0.717) is 11.3 Å². The van der Waals surface area contributed by atoms with Crippen molar-refractivity contribution in [2.75, 3.05) is 13.7 Å². The van der Waals surface area contributed by atoms with Crippen molar-refractivity contribution in [2.24, 2.45) is 0 Å². The van der Waals surface area contributed by atoms with Crippen LogP contribution in [-0.2, 0) is 4.79 Å². The fraction of sp³-hybridized carbons (Fsp3) is 0.385. The topological polar surface area (TPSA) is 95.9 Å². The Bertz CT molecular complexity index is 441. The fourth-order valence-corrected chi connectivity index (χ4v) is 1.54. The zero-order chi connectivity index (χ0) is 14.4. The average molecular weight is 267 g/mol. The Morgan fingerprint density at radius 3 is 2.32 bits per heavy atom. The molecule has 19 heavy (non-hydrogen) atoms. The second-order valence-electron chi connectivity index (χ2n) is 4.04. The summed E-state index contributed by atoms with van der Waals surface area (Å²) in [5.74, 6) is -0.540. The van der Waals surface area contributed by atoms with Crippen molar-refractivity contribution in [3.63, 3.8) is 0 Å². The van der Waals surface area contributed by atoms with E-state index in [2.05, 4.69) is 5.32 Å². The molecule has 0 aliphatic carbocycles. The molecular weight excluding hydrogens is 250 g/mol. The summed E-state index contributed by atoms with van der Waals surface area (Å²) < 4.78 is 4.96. The third kappa shape index (κ3) is 4.04. The van der Waals surface area contributed by atoms with Gasteiger partial charge in [-0.15, -0.1) is 0 Å². The van der Waals surface area contributed by atoms with Gasteiger partial charge in [0.1, 0.15) is 18.4 Å². The molecule has 6 nitrogen and oxygen atoms in total. The summed E-state index contributed by atoms with van der Waals surface area (Å²) in [6.45, 7) is 0.630. The predicted molar refractivity (Wildman–Crippen MR) is 68.0 cm³/mol. The smallest absolute Gasteiger partial charge is 0.251 e. The number of nitrogens with one attached hydrogen (secondary N) is 1. The number of amides is 1. The van der Waals surface area contributed by atoms with Crippen molar-refractivity contribution in [2.45, 2.75) is 19.1 Å². The first-order valence-corrected chi connectivity index (χ1v) is 5.76. The second-order valence-corrected chi connectivity index (χ2v) is 4.04. The van der Waals surface area contributed by atoms with Gasteiger partial charge in [0, 0.05) is 5.56 Å². The van der Waals surface area contributed by atoms with Gasteiger partial charge in [-0.25, -0.2) is 0 Å². The van der Waals surface area contributed by atoms with Gasteiger partial charge in [-0.3, -0.25) is 9.59 Å². The van der Waals surface area contributed by atoms with Gasteiger partial charge in [-0.1, -0.05) is 0 Å². The van der Waals surface area contributed by atoms with Crippen molar-refractivity contribution in [1.82, 2.24) is 5.32 Å². The highest BCUT2D eigenvalue weighted by atomic mass is 16.5. The summed E-state index contributed by atoms with van der Waals surface area (Å²) in [4.78, 5) is 23.3. The van der Waals surface area contributed by atoms with Crippen LogP contribution in [0.4, 0.5) is 0 Å². The highest BCUT2D eigenvalue weighted by Gasteiger charge is 2.25. The number of benzene rings is 1. The molecule has 0 aromatic heterocycles.